The van der Waals surface area contributed by atoms with Crippen LogP contribution in [0.4, 0.5) is 11.6 Å². The molecule has 0 fully saturated rings. The largest absolute Gasteiger partial charge is 0.481 e. The first-order chi connectivity index (χ1) is 16.4. The molecule has 4 rings (SSSR count). The molecule has 0 radical (unpaired) electrons. The van der Waals surface area contributed by atoms with E-state index < -0.39 is 11.9 Å². The van der Waals surface area contributed by atoms with Crippen LogP contribution in [0.3, 0.4) is 0 Å². The molecule has 186 valence electrons. The Balaban J connectivity index is 0.000000447. The molecule has 4 aromatic heterocycles. The van der Waals surface area contributed by atoms with E-state index in [2.05, 4.69) is 39.9 Å². The van der Waals surface area contributed by atoms with Crippen LogP contribution in [0.25, 0.3) is 22.3 Å². The van der Waals surface area contributed by atoms with Crippen LogP contribution in [0.15, 0.2) is 25.3 Å². The first-order valence-corrected chi connectivity index (χ1v) is 9.50. The number of nitrogens with two attached hydrogens (primary N) is 2. The first-order valence-electron chi connectivity index (χ1n) is 9.50. The number of H-pyrrole nitrogens is 2. The first kappa shape index (κ1) is 29.6. The molecular formula is C18H28N10O6. The van der Waals surface area contributed by atoms with Gasteiger partial charge >= 0.3 is 11.9 Å². The number of aliphatic hydroxyl groups excluding tert-OH is 2. The highest BCUT2D eigenvalue weighted by Crippen LogP contribution is 2.10. The minimum atomic E-state index is -0.870. The second kappa shape index (κ2) is 17.2. The summed E-state index contributed by atoms with van der Waals surface area (Å²) in [5, 5.41) is 30.3. The van der Waals surface area contributed by atoms with Crippen LogP contribution in [0, 0.1) is 0 Å². The number of rotatable bonds is 5. The van der Waals surface area contributed by atoms with Gasteiger partial charge in [0.05, 0.1) is 12.7 Å². The van der Waals surface area contributed by atoms with Gasteiger partial charge in [0, 0.05) is 27.1 Å². The Morgan fingerprint density at radius 3 is 1.35 bits per heavy atom. The lowest BCUT2D eigenvalue weighted by Crippen LogP contribution is -1.97. The summed E-state index contributed by atoms with van der Waals surface area (Å²) >= 11 is 0. The van der Waals surface area contributed by atoms with Gasteiger partial charge in [-0.15, -0.1) is 0 Å². The fourth-order valence-corrected chi connectivity index (χ4v) is 2.12. The quantitative estimate of drug-likeness (QED) is 0.172. The molecule has 0 bridgehead atoms. The van der Waals surface area contributed by atoms with Gasteiger partial charge in [0.1, 0.15) is 23.7 Å². The minimum Gasteiger partial charge on any atom is -0.481 e. The van der Waals surface area contributed by atoms with Gasteiger partial charge in [0.25, 0.3) is 0 Å². The van der Waals surface area contributed by atoms with Gasteiger partial charge in [-0.05, 0) is 12.8 Å². The molecule has 0 spiro atoms. The van der Waals surface area contributed by atoms with Gasteiger partial charge in [-0.25, -0.2) is 29.9 Å². The molecule has 0 aliphatic carbocycles. The SMILES string of the molecule is CO.CO.Nc1ncnc2nc[nH]c12.Nc1ncnc2nc[nH]c12.O=C(O)CCCCC(=O)O. The number of nitrogens with one attached hydrogen (secondary N) is 2. The standard InChI is InChI=1S/C6H10O4.2C5H5N5.2CH4O/c7-5(8)3-1-2-4-6(9)10;2*6-4-3-5(9-1-7-3)10-2-8-4;2*1-2/h1-4H2,(H,7,8)(H,9,10);2*1-2H,(H3,6,7,8,9,10);2*2H,1H3. The molecule has 4 heterocycles. The fraction of sp³-hybridized carbons (Fsp3) is 0.333. The maximum absolute atomic E-state index is 9.90. The maximum atomic E-state index is 9.90. The van der Waals surface area contributed by atoms with Gasteiger partial charge in [-0.1, -0.05) is 0 Å². The van der Waals surface area contributed by atoms with Crippen LogP contribution >= 0.6 is 0 Å². The number of aromatic amines is 2. The lowest BCUT2D eigenvalue weighted by Gasteiger charge is -1.92. The number of fused-ring (bicyclic) bond motifs is 2. The predicted molar refractivity (Wildman–Crippen MR) is 122 cm³/mol. The third-order valence-corrected chi connectivity index (χ3v) is 3.54. The second-order valence-electron chi connectivity index (χ2n) is 5.71. The number of aromatic nitrogens is 8. The smallest absolute Gasteiger partial charge is 0.303 e. The van der Waals surface area contributed by atoms with E-state index in [1.54, 1.807) is 0 Å². The van der Waals surface area contributed by atoms with Crippen molar-refractivity contribution in [2.45, 2.75) is 25.7 Å². The molecule has 0 aliphatic heterocycles. The van der Waals surface area contributed by atoms with Crippen LogP contribution in [0.2, 0.25) is 0 Å². The number of aliphatic carboxylic acids is 2. The van der Waals surface area contributed by atoms with Crippen molar-refractivity contribution in [1.29, 1.82) is 0 Å². The predicted octanol–water partition coefficient (Wildman–Crippen LogP) is -0.197. The number of anilines is 2. The van der Waals surface area contributed by atoms with E-state index in [-0.39, 0.29) is 12.8 Å². The number of imidazole rings is 2. The summed E-state index contributed by atoms with van der Waals surface area (Å²) in [5.74, 6) is -0.874. The molecule has 0 saturated heterocycles. The van der Waals surface area contributed by atoms with Crippen molar-refractivity contribution < 1.29 is 30.0 Å². The Hall–Kier alpha value is -4.44. The Kier molecular flexibility index (Phi) is 14.9. The number of aliphatic hydroxyl groups is 2. The summed E-state index contributed by atoms with van der Waals surface area (Å²) in [7, 11) is 2.00. The van der Waals surface area contributed by atoms with Gasteiger partial charge < -0.3 is 41.9 Å². The van der Waals surface area contributed by atoms with Crippen molar-refractivity contribution in [3.8, 4) is 0 Å². The van der Waals surface area contributed by atoms with Crippen LogP contribution in [0.1, 0.15) is 25.7 Å². The van der Waals surface area contributed by atoms with Crippen molar-refractivity contribution in [3.05, 3.63) is 25.3 Å². The summed E-state index contributed by atoms with van der Waals surface area (Å²) < 4.78 is 0. The summed E-state index contributed by atoms with van der Waals surface area (Å²) in [6.45, 7) is 0. The highest BCUT2D eigenvalue weighted by atomic mass is 16.4. The van der Waals surface area contributed by atoms with Crippen molar-refractivity contribution in [2.24, 2.45) is 0 Å². The minimum absolute atomic E-state index is 0.0628. The third-order valence-electron chi connectivity index (χ3n) is 3.54. The van der Waals surface area contributed by atoms with Gasteiger partial charge in [0.15, 0.2) is 22.9 Å². The molecule has 16 nitrogen and oxygen atoms in total. The van der Waals surface area contributed by atoms with Gasteiger partial charge in [-0.3, -0.25) is 9.59 Å². The number of carbonyl (C=O) groups is 2. The number of hydrogen-bond donors (Lipinski definition) is 8. The molecular weight excluding hydrogens is 452 g/mol. The van der Waals surface area contributed by atoms with Gasteiger partial charge in [0.2, 0.25) is 0 Å². The lowest BCUT2D eigenvalue weighted by atomic mass is 10.2. The molecule has 4 aromatic rings. The number of carboxylic acids is 2. The van der Waals surface area contributed by atoms with Gasteiger partial charge in [-0.2, -0.15) is 0 Å². The van der Waals surface area contributed by atoms with E-state index in [1.807, 2.05) is 0 Å². The molecule has 16 heteroatoms. The number of nitrogens with zero attached hydrogens (tertiary/aromatic N) is 6. The number of carboxylic acid groups (broad SMARTS) is 2. The third kappa shape index (κ3) is 10.7. The Bertz CT molecular complexity index is 1030. The van der Waals surface area contributed by atoms with Crippen molar-refractivity contribution >= 4 is 45.9 Å². The van der Waals surface area contributed by atoms with Crippen LogP contribution in [0.5, 0.6) is 0 Å². The van der Waals surface area contributed by atoms with E-state index in [4.69, 9.17) is 31.9 Å². The number of hydrogen-bond acceptors (Lipinski definition) is 12. The molecule has 0 atom stereocenters. The molecule has 0 amide bonds. The Labute approximate surface area is 193 Å². The highest BCUT2D eigenvalue weighted by Gasteiger charge is 2.00. The van der Waals surface area contributed by atoms with E-state index in [0.29, 0.717) is 46.8 Å². The van der Waals surface area contributed by atoms with E-state index in [9.17, 15) is 9.59 Å². The van der Waals surface area contributed by atoms with Crippen molar-refractivity contribution in [1.82, 2.24) is 39.9 Å². The summed E-state index contributed by atoms with van der Waals surface area (Å²) in [4.78, 5) is 48.5. The summed E-state index contributed by atoms with van der Waals surface area (Å²) in [6.07, 6.45) is 6.87. The highest BCUT2D eigenvalue weighted by molar-refractivity contribution is 5.80. The summed E-state index contributed by atoms with van der Waals surface area (Å²) in [6, 6.07) is 0. The molecule has 0 aliphatic rings. The Morgan fingerprint density at radius 1 is 0.706 bits per heavy atom. The van der Waals surface area contributed by atoms with Crippen LogP contribution in [-0.2, 0) is 9.59 Å². The summed E-state index contributed by atoms with van der Waals surface area (Å²) in [5.41, 5.74) is 13.6. The fourth-order valence-electron chi connectivity index (χ4n) is 2.12. The van der Waals surface area contributed by atoms with E-state index in [1.165, 1.54) is 25.3 Å². The topological polar surface area (TPSA) is 276 Å². The lowest BCUT2D eigenvalue weighted by molar-refractivity contribution is -0.139. The number of nitrogen functional groups attached to an aromatic ring is 2. The maximum Gasteiger partial charge on any atom is 0.303 e. The monoisotopic (exact) mass is 480 g/mol. The molecule has 10 N–H and O–H groups in total. The second-order valence-corrected chi connectivity index (χ2v) is 5.71. The zero-order valence-electron chi connectivity index (χ0n) is 18.6. The van der Waals surface area contributed by atoms with Crippen LogP contribution < -0.4 is 11.5 Å². The Morgan fingerprint density at radius 2 is 1.06 bits per heavy atom. The normalized spacial score (nSPS) is 9.18. The zero-order chi connectivity index (χ0) is 25.9. The van der Waals surface area contributed by atoms with E-state index in [0.717, 1.165) is 14.2 Å². The van der Waals surface area contributed by atoms with Crippen molar-refractivity contribution in [3.63, 3.8) is 0 Å². The molecule has 34 heavy (non-hydrogen) atoms. The molecule has 0 aromatic carbocycles. The average Bonchev–Trinajstić information content (AvgIpc) is 3.51. The van der Waals surface area contributed by atoms with Crippen molar-refractivity contribution in [2.75, 3.05) is 25.7 Å². The zero-order valence-corrected chi connectivity index (χ0v) is 18.6. The average molecular weight is 480 g/mol. The molecule has 0 saturated carbocycles. The molecule has 0 unspecified atom stereocenters. The van der Waals surface area contributed by atoms with E-state index >= 15 is 0 Å². The van der Waals surface area contributed by atoms with Crippen LogP contribution in [-0.4, -0.2) is 86.5 Å². The number of unbranched alkanes of at least 4 members (excludes halogenated alkanes) is 1.